The second kappa shape index (κ2) is 6.91. The van der Waals surface area contributed by atoms with E-state index in [2.05, 4.69) is 23.7 Å². The van der Waals surface area contributed by atoms with E-state index in [4.69, 9.17) is 0 Å². The molecule has 0 saturated carbocycles. The van der Waals surface area contributed by atoms with E-state index in [1.165, 1.54) is 17.7 Å². The summed E-state index contributed by atoms with van der Waals surface area (Å²) in [5.41, 5.74) is 0.923. The zero-order valence-electron chi connectivity index (χ0n) is 13.7. The van der Waals surface area contributed by atoms with Crippen molar-refractivity contribution in [3.8, 4) is 11.8 Å². The van der Waals surface area contributed by atoms with Crippen molar-refractivity contribution in [1.29, 1.82) is 0 Å². The van der Waals surface area contributed by atoms with Gasteiger partial charge in [0.15, 0.2) is 0 Å². The highest BCUT2D eigenvalue weighted by Gasteiger charge is 2.42. The number of nitrogens with zero attached hydrogens (tertiary/aromatic N) is 1. The SMILES string of the molecule is C[C@H](c1ccccc1)N1C[C@H]1[C@H](O)C#Cc1ccc(C(F)(F)F)cc1. The molecule has 2 aromatic rings. The topological polar surface area (TPSA) is 23.2 Å². The van der Waals surface area contributed by atoms with Crippen molar-refractivity contribution >= 4 is 0 Å². The number of aliphatic hydroxyl groups excluding tert-OH is 1. The lowest BCUT2D eigenvalue weighted by molar-refractivity contribution is -0.137. The first kappa shape index (κ1) is 17.5. The number of aliphatic hydroxyl groups is 1. The molecule has 1 aliphatic rings. The van der Waals surface area contributed by atoms with Gasteiger partial charge in [0.2, 0.25) is 0 Å². The summed E-state index contributed by atoms with van der Waals surface area (Å²) in [7, 11) is 0. The monoisotopic (exact) mass is 345 g/mol. The molecule has 1 heterocycles. The summed E-state index contributed by atoms with van der Waals surface area (Å²) < 4.78 is 37.6. The van der Waals surface area contributed by atoms with Crippen molar-refractivity contribution in [2.45, 2.75) is 31.3 Å². The third kappa shape index (κ3) is 4.22. The minimum atomic E-state index is -4.35. The van der Waals surface area contributed by atoms with Crippen LogP contribution >= 0.6 is 0 Å². The molecule has 0 aliphatic carbocycles. The van der Waals surface area contributed by atoms with E-state index in [-0.39, 0.29) is 12.1 Å². The normalized spacial score (nSPS) is 21.8. The number of rotatable bonds is 3. The fraction of sp³-hybridized carbons (Fsp3) is 0.300. The highest BCUT2D eigenvalue weighted by Crippen LogP contribution is 2.33. The van der Waals surface area contributed by atoms with Crippen LogP contribution in [0.25, 0.3) is 0 Å². The predicted molar refractivity (Wildman–Crippen MR) is 89.7 cm³/mol. The maximum absolute atomic E-state index is 12.5. The highest BCUT2D eigenvalue weighted by atomic mass is 19.4. The Labute approximate surface area is 144 Å². The van der Waals surface area contributed by atoms with Gasteiger partial charge >= 0.3 is 6.18 Å². The Kier molecular flexibility index (Phi) is 4.85. The van der Waals surface area contributed by atoms with E-state index in [1.54, 1.807) is 0 Å². The summed E-state index contributed by atoms with van der Waals surface area (Å²) in [5, 5.41) is 10.2. The van der Waals surface area contributed by atoms with Gasteiger partial charge in [-0.15, -0.1) is 0 Å². The molecule has 1 fully saturated rings. The van der Waals surface area contributed by atoms with Crippen molar-refractivity contribution in [2.75, 3.05) is 6.54 Å². The Bertz CT molecular complexity index is 775. The number of alkyl halides is 3. The summed E-state index contributed by atoms with van der Waals surface area (Å²) in [5.74, 6) is 5.49. The van der Waals surface area contributed by atoms with Crippen LogP contribution in [0.2, 0.25) is 0 Å². The Hall–Kier alpha value is -2.29. The molecule has 1 saturated heterocycles. The number of benzene rings is 2. The lowest BCUT2D eigenvalue weighted by atomic mass is 10.1. The first-order valence-electron chi connectivity index (χ1n) is 8.04. The van der Waals surface area contributed by atoms with Crippen molar-refractivity contribution in [2.24, 2.45) is 0 Å². The van der Waals surface area contributed by atoms with E-state index in [1.807, 2.05) is 30.3 Å². The lowest BCUT2D eigenvalue weighted by Gasteiger charge is -2.15. The number of hydrogen-bond acceptors (Lipinski definition) is 2. The smallest absolute Gasteiger partial charge is 0.379 e. The minimum absolute atomic E-state index is 0.0443. The van der Waals surface area contributed by atoms with Gasteiger partial charge in [-0.2, -0.15) is 13.2 Å². The summed E-state index contributed by atoms with van der Waals surface area (Å²) in [4.78, 5) is 2.14. The van der Waals surface area contributed by atoms with Gasteiger partial charge in [-0.3, -0.25) is 4.90 Å². The van der Waals surface area contributed by atoms with Crippen LogP contribution in [0.5, 0.6) is 0 Å². The van der Waals surface area contributed by atoms with Gasteiger partial charge in [-0.25, -0.2) is 0 Å². The van der Waals surface area contributed by atoms with Gasteiger partial charge in [0, 0.05) is 18.2 Å². The van der Waals surface area contributed by atoms with Gasteiger partial charge in [-0.05, 0) is 36.8 Å². The van der Waals surface area contributed by atoms with E-state index in [0.29, 0.717) is 5.56 Å². The van der Waals surface area contributed by atoms with Crippen molar-refractivity contribution < 1.29 is 18.3 Å². The standard InChI is InChI=1S/C20H18F3NO/c1-14(16-5-3-2-4-6-16)24-13-18(24)19(25)12-9-15-7-10-17(11-8-15)20(21,22)23/h2-8,10-11,14,18-19,25H,13H2,1H3/t14-,18+,19-,24?/m1/s1. The molecule has 1 N–H and O–H groups in total. The van der Waals surface area contributed by atoms with Crippen LogP contribution in [-0.4, -0.2) is 28.7 Å². The van der Waals surface area contributed by atoms with E-state index >= 15 is 0 Å². The molecule has 0 spiro atoms. The van der Waals surface area contributed by atoms with Gasteiger partial charge in [0.1, 0.15) is 6.10 Å². The first-order chi connectivity index (χ1) is 11.9. The third-order valence-corrected chi connectivity index (χ3v) is 4.41. The molecule has 3 rings (SSSR count). The molecule has 0 aromatic heterocycles. The van der Waals surface area contributed by atoms with Gasteiger partial charge in [0.05, 0.1) is 11.6 Å². The molecule has 1 unspecified atom stereocenters. The molecular weight excluding hydrogens is 327 g/mol. The van der Waals surface area contributed by atoms with Gasteiger partial charge in [-0.1, -0.05) is 42.2 Å². The van der Waals surface area contributed by atoms with Crippen LogP contribution in [0.15, 0.2) is 54.6 Å². The van der Waals surface area contributed by atoms with Crippen LogP contribution < -0.4 is 0 Å². The van der Waals surface area contributed by atoms with E-state index < -0.39 is 17.8 Å². The quantitative estimate of drug-likeness (QED) is 0.674. The molecule has 0 radical (unpaired) electrons. The average Bonchev–Trinajstić information content (AvgIpc) is 3.40. The molecule has 2 aromatic carbocycles. The van der Waals surface area contributed by atoms with Crippen molar-refractivity contribution in [3.05, 3.63) is 71.3 Å². The Balaban J connectivity index is 1.61. The molecule has 5 heteroatoms. The van der Waals surface area contributed by atoms with Crippen LogP contribution in [0.4, 0.5) is 13.2 Å². The fourth-order valence-electron chi connectivity index (χ4n) is 2.81. The lowest BCUT2D eigenvalue weighted by Crippen LogP contribution is -2.19. The van der Waals surface area contributed by atoms with Crippen molar-refractivity contribution in [1.82, 2.24) is 4.90 Å². The van der Waals surface area contributed by atoms with Gasteiger partial charge in [0.25, 0.3) is 0 Å². The average molecular weight is 345 g/mol. The number of hydrogen-bond donors (Lipinski definition) is 1. The summed E-state index contributed by atoms with van der Waals surface area (Å²) in [6.45, 7) is 2.82. The molecule has 4 atom stereocenters. The van der Waals surface area contributed by atoms with Crippen LogP contribution in [0, 0.1) is 11.8 Å². The second-order valence-corrected chi connectivity index (χ2v) is 6.14. The Morgan fingerprint density at radius 1 is 1.08 bits per heavy atom. The van der Waals surface area contributed by atoms with Crippen molar-refractivity contribution in [3.63, 3.8) is 0 Å². The molecule has 2 nitrogen and oxygen atoms in total. The summed E-state index contributed by atoms with van der Waals surface area (Å²) >= 11 is 0. The van der Waals surface area contributed by atoms with E-state index in [0.717, 1.165) is 18.7 Å². The molecule has 130 valence electrons. The molecule has 1 aliphatic heterocycles. The minimum Gasteiger partial charge on any atom is -0.379 e. The maximum atomic E-state index is 12.5. The third-order valence-electron chi connectivity index (χ3n) is 4.41. The molecule has 0 amide bonds. The second-order valence-electron chi connectivity index (χ2n) is 6.14. The first-order valence-corrected chi connectivity index (χ1v) is 8.04. The zero-order chi connectivity index (χ0) is 18.0. The Morgan fingerprint density at radius 2 is 1.72 bits per heavy atom. The Morgan fingerprint density at radius 3 is 2.32 bits per heavy atom. The largest absolute Gasteiger partial charge is 0.416 e. The number of halogens is 3. The fourth-order valence-corrected chi connectivity index (χ4v) is 2.81. The predicted octanol–water partition coefficient (Wildman–Crippen LogP) is 3.86. The zero-order valence-corrected chi connectivity index (χ0v) is 13.7. The van der Waals surface area contributed by atoms with Crippen LogP contribution in [0.1, 0.15) is 29.7 Å². The molecular formula is C20H18F3NO. The van der Waals surface area contributed by atoms with Crippen LogP contribution in [-0.2, 0) is 6.18 Å². The molecule has 0 bridgehead atoms. The van der Waals surface area contributed by atoms with E-state index in [9.17, 15) is 18.3 Å². The summed E-state index contributed by atoms with van der Waals surface area (Å²) in [6.07, 6.45) is -5.18. The van der Waals surface area contributed by atoms with Crippen LogP contribution in [0.3, 0.4) is 0 Å². The highest BCUT2D eigenvalue weighted by molar-refractivity contribution is 5.38. The maximum Gasteiger partial charge on any atom is 0.416 e. The van der Waals surface area contributed by atoms with Gasteiger partial charge < -0.3 is 5.11 Å². The summed E-state index contributed by atoms with van der Waals surface area (Å²) in [6, 6.07) is 14.8. The molecule has 25 heavy (non-hydrogen) atoms.